The molecular weight excluding hydrogens is 230 g/mol. The maximum atomic E-state index is 11.1. The minimum Gasteiger partial charge on any atom is -0.478 e. The molecule has 0 fully saturated rings. The molecule has 0 atom stereocenters. The number of hydrogen-bond donors (Lipinski definition) is 2. The summed E-state index contributed by atoms with van der Waals surface area (Å²) in [7, 11) is 1.97. The van der Waals surface area contributed by atoms with Crippen LogP contribution in [0.15, 0.2) is 36.7 Å². The number of carboxylic acid groups (broad SMARTS) is 1. The summed E-state index contributed by atoms with van der Waals surface area (Å²) >= 11 is 0. The summed E-state index contributed by atoms with van der Waals surface area (Å²) in [6.07, 6.45) is 3.30. The van der Waals surface area contributed by atoms with Crippen molar-refractivity contribution in [3.8, 4) is 11.3 Å². The molecule has 0 aliphatic heterocycles. The summed E-state index contributed by atoms with van der Waals surface area (Å²) in [5.74, 6) is -0.980. The first kappa shape index (κ1) is 10.6. The number of aryl methyl sites for hydroxylation is 1. The normalized spacial score (nSPS) is 10.9. The summed E-state index contributed by atoms with van der Waals surface area (Å²) in [6, 6.07) is 7.81. The molecule has 1 aromatic carbocycles. The van der Waals surface area contributed by atoms with Crippen molar-refractivity contribution in [2.75, 3.05) is 0 Å². The fourth-order valence-electron chi connectivity index (χ4n) is 2.11. The van der Waals surface area contributed by atoms with Crippen LogP contribution in [0.2, 0.25) is 0 Å². The Bertz CT molecular complexity index is 740. The third kappa shape index (κ3) is 1.48. The number of aromatic nitrogens is 3. The molecule has 0 saturated heterocycles. The summed E-state index contributed by atoms with van der Waals surface area (Å²) in [5.41, 5.74) is 2.65. The number of rotatable bonds is 2. The number of aromatic carboxylic acids is 1. The van der Waals surface area contributed by atoms with E-state index in [-0.39, 0.29) is 5.56 Å². The average Bonchev–Trinajstić information content (AvgIpc) is 2.96. The maximum Gasteiger partial charge on any atom is 0.339 e. The van der Waals surface area contributed by atoms with Crippen molar-refractivity contribution < 1.29 is 9.90 Å². The second-order valence-corrected chi connectivity index (χ2v) is 4.16. The molecule has 0 aliphatic carbocycles. The van der Waals surface area contributed by atoms with Gasteiger partial charge < -0.3 is 9.67 Å². The molecule has 2 aromatic heterocycles. The summed E-state index contributed by atoms with van der Waals surface area (Å²) in [6.45, 7) is 0. The predicted molar refractivity (Wildman–Crippen MR) is 67.5 cm³/mol. The van der Waals surface area contributed by atoms with Gasteiger partial charge in [-0.1, -0.05) is 6.07 Å². The minimum atomic E-state index is -0.980. The number of fused-ring (bicyclic) bond motifs is 1. The fourth-order valence-corrected chi connectivity index (χ4v) is 2.11. The zero-order valence-corrected chi connectivity index (χ0v) is 9.71. The Morgan fingerprint density at radius 1 is 1.39 bits per heavy atom. The Balaban J connectivity index is 2.19. The number of benzene rings is 1. The van der Waals surface area contributed by atoms with Crippen molar-refractivity contribution in [3.05, 3.63) is 42.2 Å². The Morgan fingerprint density at radius 2 is 2.22 bits per heavy atom. The van der Waals surface area contributed by atoms with Gasteiger partial charge >= 0.3 is 5.97 Å². The SMILES string of the molecule is Cn1ccc2cc(-c3[nH]ncc3C(=O)O)ccc21. The molecule has 18 heavy (non-hydrogen) atoms. The first-order valence-electron chi connectivity index (χ1n) is 5.49. The standard InChI is InChI=1S/C13H11N3O2/c1-16-5-4-8-6-9(2-3-11(8)16)12-10(13(17)18)7-14-15-12/h2-7H,1H3,(H,14,15)(H,17,18). The van der Waals surface area contributed by atoms with Gasteiger partial charge in [-0.15, -0.1) is 0 Å². The van der Waals surface area contributed by atoms with Crippen molar-refractivity contribution in [2.24, 2.45) is 7.05 Å². The molecule has 0 spiro atoms. The summed E-state index contributed by atoms with van der Waals surface area (Å²) in [4.78, 5) is 11.1. The molecule has 2 N–H and O–H groups in total. The lowest BCUT2D eigenvalue weighted by Crippen LogP contribution is -1.96. The third-order valence-electron chi connectivity index (χ3n) is 3.04. The number of nitrogens with zero attached hydrogens (tertiary/aromatic N) is 2. The highest BCUT2D eigenvalue weighted by Gasteiger charge is 2.14. The highest BCUT2D eigenvalue weighted by Crippen LogP contribution is 2.25. The van der Waals surface area contributed by atoms with Crippen LogP contribution >= 0.6 is 0 Å². The molecule has 2 heterocycles. The number of H-pyrrole nitrogens is 1. The fraction of sp³-hybridized carbons (Fsp3) is 0.0769. The lowest BCUT2D eigenvalue weighted by atomic mass is 10.1. The van der Waals surface area contributed by atoms with Crippen molar-refractivity contribution in [1.29, 1.82) is 0 Å². The van der Waals surface area contributed by atoms with Crippen LogP contribution in [0.3, 0.4) is 0 Å². The van der Waals surface area contributed by atoms with Crippen LogP contribution in [0.25, 0.3) is 22.2 Å². The van der Waals surface area contributed by atoms with E-state index in [1.54, 1.807) is 0 Å². The van der Waals surface area contributed by atoms with Gasteiger partial charge in [0.1, 0.15) is 5.56 Å². The van der Waals surface area contributed by atoms with Crippen LogP contribution < -0.4 is 0 Å². The van der Waals surface area contributed by atoms with Crippen molar-refractivity contribution in [3.63, 3.8) is 0 Å². The second-order valence-electron chi connectivity index (χ2n) is 4.16. The van der Waals surface area contributed by atoms with E-state index < -0.39 is 5.97 Å². The van der Waals surface area contributed by atoms with Gasteiger partial charge in [0.2, 0.25) is 0 Å². The van der Waals surface area contributed by atoms with Crippen LogP contribution in [0, 0.1) is 0 Å². The molecule has 3 aromatic rings. The monoisotopic (exact) mass is 241 g/mol. The Labute approximate surface area is 103 Å². The first-order chi connectivity index (χ1) is 8.66. The molecule has 0 bridgehead atoms. The number of nitrogens with one attached hydrogen (secondary N) is 1. The highest BCUT2D eigenvalue weighted by molar-refractivity contribution is 5.96. The van der Waals surface area contributed by atoms with Gasteiger partial charge in [0.25, 0.3) is 0 Å². The molecule has 90 valence electrons. The number of aromatic amines is 1. The van der Waals surface area contributed by atoms with Gasteiger partial charge in [-0.05, 0) is 18.2 Å². The molecule has 0 aliphatic rings. The summed E-state index contributed by atoms with van der Waals surface area (Å²) < 4.78 is 2.02. The highest BCUT2D eigenvalue weighted by atomic mass is 16.4. The molecule has 5 heteroatoms. The molecular formula is C13H11N3O2. The van der Waals surface area contributed by atoms with Crippen LogP contribution in [0.5, 0.6) is 0 Å². The Morgan fingerprint density at radius 3 is 3.00 bits per heavy atom. The number of hydrogen-bond acceptors (Lipinski definition) is 2. The Kier molecular flexibility index (Phi) is 2.19. The van der Waals surface area contributed by atoms with Crippen molar-refractivity contribution >= 4 is 16.9 Å². The van der Waals surface area contributed by atoms with Gasteiger partial charge in [0, 0.05) is 29.7 Å². The topological polar surface area (TPSA) is 70.9 Å². The number of carboxylic acids is 1. The van der Waals surface area contributed by atoms with E-state index in [2.05, 4.69) is 10.2 Å². The van der Waals surface area contributed by atoms with Crippen molar-refractivity contribution in [2.45, 2.75) is 0 Å². The first-order valence-corrected chi connectivity index (χ1v) is 5.49. The van der Waals surface area contributed by atoms with Crippen LogP contribution in [-0.4, -0.2) is 25.8 Å². The molecule has 0 amide bonds. The van der Waals surface area contributed by atoms with E-state index in [1.165, 1.54) is 6.20 Å². The molecule has 5 nitrogen and oxygen atoms in total. The van der Waals surface area contributed by atoms with Gasteiger partial charge in [0.15, 0.2) is 0 Å². The van der Waals surface area contributed by atoms with E-state index in [0.717, 1.165) is 16.5 Å². The second kappa shape index (κ2) is 3.73. The Hall–Kier alpha value is -2.56. The zero-order valence-electron chi connectivity index (χ0n) is 9.71. The van der Waals surface area contributed by atoms with Crippen LogP contribution in [-0.2, 0) is 7.05 Å². The van der Waals surface area contributed by atoms with Gasteiger partial charge in [-0.3, -0.25) is 5.10 Å². The molecule has 3 rings (SSSR count). The van der Waals surface area contributed by atoms with Crippen LogP contribution in [0.4, 0.5) is 0 Å². The maximum absolute atomic E-state index is 11.1. The summed E-state index contributed by atoms with van der Waals surface area (Å²) in [5, 5.41) is 16.7. The smallest absolute Gasteiger partial charge is 0.339 e. The quantitative estimate of drug-likeness (QED) is 0.723. The lowest BCUT2D eigenvalue weighted by Gasteiger charge is -2.01. The lowest BCUT2D eigenvalue weighted by molar-refractivity contribution is 0.0698. The van der Waals surface area contributed by atoms with E-state index in [0.29, 0.717) is 5.69 Å². The van der Waals surface area contributed by atoms with Crippen molar-refractivity contribution in [1.82, 2.24) is 14.8 Å². The zero-order chi connectivity index (χ0) is 12.7. The van der Waals surface area contributed by atoms with Gasteiger partial charge in [-0.25, -0.2) is 4.79 Å². The molecule has 0 radical (unpaired) electrons. The molecule has 0 saturated carbocycles. The van der Waals surface area contributed by atoms with E-state index >= 15 is 0 Å². The van der Waals surface area contributed by atoms with E-state index in [1.807, 2.05) is 42.1 Å². The average molecular weight is 241 g/mol. The van der Waals surface area contributed by atoms with Gasteiger partial charge in [-0.2, -0.15) is 5.10 Å². The van der Waals surface area contributed by atoms with Gasteiger partial charge in [0.05, 0.1) is 11.9 Å². The van der Waals surface area contributed by atoms with E-state index in [9.17, 15) is 4.79 Å². The van der Waals surface area contributed by atoms with E-state index in [4.69, 9.17) is 5.11 Å². The predicted octanol–water partition coefficient (Wildman–Crippen LogP) is 2.27. The van der Waals surface area contributed by atoms with Crippen LogP contribution in [0.1, 0.15) is 10.4 Å². The number of carbonyl (C=O) groups is 1. The minimum absolute atomic E-state index is 0.185. The third-order valence-corrected chi connectivity index (χ3v) is 3.04. The largest absolute Gasteiger partial charge is 0.478 e. The molecule has 0 unspecified atom stereocenters.